The maximum Gasteiger partial charge on any atom is 0.220 e. The Balaban J connectivity index is 1.54. The largest absolute Gasteiger partial charge is 0.350 e. The van der Waals surface area contributed by atoms with E-state index in [9.17, 15) is 9.18 Å². The van der Waals surface area contributed by atoms with E-state index >= 15 is 0 Å². The Morgan fingerprint density at radius 3 is 3.09 bits per heavy atom. The molecule has 1 atom stereocenters. The van der Waals surface area contributed by atoms with Crippen LogP contribution in [0.3, 0.4) is 0 Å². The first-order valence-corrected chi connectivity index (χ1v) is 8.24. The molecule has 4 nitrogen and oxygen atoms in total. The van der Waals surface area contributed by atoms with Gasteiger partial charge in [-0.3, -0.25) is 4.79 Å². The van der Waals surface area contributed by atoms with Crippen molar-refractivity contribution in [1.29, 1.82) is 0 Å². The number of allylic oxidation sites excluding steroid dienone is 1. The topological polar surface area (TPSA) is 57.8 Å². The molecule has 5 heteroatoms. The fraction of sp³-hybridized carbons (Fsp3) is 0.444. The van der Waals surface area contributed by atoms with Crippen LogP contribution in [0.25, 0.3) is 11.0 Å². The Kier molecular flexibility index (Phi) is 4.74. The third-order valence-corrected chi connectivity index (χ3v) is 4.34. The summed E-state index contributed by atoms with van der Waals surface area (Å²) in [6.07, 6.45) is 7.80. The number of aromatic amines is 1. The van der Waals surface area contributed by atoms with Gasteiger partial charge in [0.2, 0.25) is 5.91 Å². The second kappa shape index (κ2) is 6.94. The number of nitrogens with zero attached hydrogens (tertiary/aromatic N) is 1. The Labute approximate surface area is 135 Å². The van der Waals surface area contributed by atoms with Gasteiger partial charge in [-0.25, -0.2) is 9.37 Å². The third kappa shape index (κ3) is 3.97. The van der Waals surface area contributed by atoms with Gasteiger partial charge in [-0.15, -0.1) is 0 Å². The van der Waals surface area contributed by atoms with Crippen molar-refractivity contribution in [1.82, 2.24) is 15.3 Å². The Hall–Kier alpha value is -2.17. The molecule has 0 spiro atoms. The van der Waals surface area contributed by atoms with Gasteiger partial charge in [0.15, 0.2) is 0 Å². The van der Waals surface area contributed by atoms with Crippen LogP contribution in [0.15, 0.2) is 29.8 Å². The number of carbonyl (C=O) groups excluding carboxylic acids is 1. The predicted octanol–water partition coefficient (Wildman–Crippen LogP) is 3.64. The van der Waals surface area contributed by atoms with E-state index < -0.39 is 0 Å². The molecule has 1 aliphatic carbocycles. The molecule has 122 valence electrons. The van der Waals surface area contributed by atoms with Gasteiger partial charge >= 0.3 is 0 Å². The number of aryl methyl sites for hydroxylation is 1. The quantitative estimate of drug-likeness (QED) is 0.828. The summed E-state index contributed by atoms with van der Waals surface area (Å²) in [5.74, 6) is 0.445. The fourth-order valence-electron chi connectivity index (χ4n) is 3.05. The van der Waals surface area contributed by atoms with Crippen LogP contribution in [-0.4, -0.2) is 21.9 Å². The lowest BCUT2D eigenvalue weighted by Gasteiger charge is -2.20. The van der Waals surface area contributed by atoms with Gasteiger partial charge in [0.25, 0.3) is 0 Å². The summed E-state index contributed by atoms with van der Waals surface area (Å²) in [4.78, 5) is 19.5. The zero-order chi connectivity index (χ0) is 16.2. The minimum absolute atomic E-state index is 0.0237. The van der Waals surface area contributed by atoms with Crippen molar-refractivity contribution in [3.05, 3.63) is 41.5 Å². The number of imidazole rings is 1. The number of fused-ring (bicyclic) bond motifs is 1. The molecule has 2 aromatic rings. The number of nitrogens with one attached hydrogen (secondary N) is 2. The number of hydrogen-bond donors (Lipinski definition) is 2. The number of H-pyrrole nitrogens is 1. The molecule has 0 saturated heterocycles. The van der Waals surface area contributed by atoms with E-state index in [0.29, 0.717) is 24.2 Å². The van der Waals surface area contributed by atoms with Crippen molar-refractivity contribution < 1.29 is 9.18 Å². The van der Waals surface area contributed by atoms with Crippen LogP contribution in [-0.2, 0) is 11.2 Å². The molecule has 1 amide bonds. The van der Waals surface area contributed by atoms with Crippen LogP contribution < -0.4 is 5.32 Å². The molecule has 3 rings (SSSR count). The molecule has 0 unspecified atom stereocenters. The van der Waals surface area contributed by atoms with E-state index in [-0.39, 0.29) is 17.8 Å². The van der Waals surface area contributed by atoms with Crippen molar-refractivity contribution in [3.8, 4) is 0 Å². The van der Waals surface area contributed by atoms with Crippen LogP contribution in [0.1, 0.15) is 44.9 Å². The number of carbonyl (C=O) groups is 1. The molecule has 23 heavy (non-hydrogen) atoms. The molecule has 1 heterocycles. The average molecular weight is 315 g/mol. The summed E-state index contributed by atoms with van der Waals surface area (Å²) in [6.45, 7) is 2.04. The second-order valence-corrected chi connectivity index (χ2v) is 6.16. The zero-order valence-corrected chi connectivity index (χ0v) is 13.4. The van der Waals surface area contributed by atoms with Gasteiger partial charge in [-0.1, -0.05) is 11.6 Å². The Morgan fingerprint density at radius 2 is 2.30 bits per heavy atom. The molecular formula is C18H22FN3O. The van der Waals surface area contributed by atoms with E-state index in [2.05, 4.69) is 21.4 Å². The van der Waals surface area contributed by atoms with E-state index in [1.165, 1.54) is 30.5 Å². The summed E-state index contributed by atoms with van der Waals surface area (Å²) in [7, 11) is 0. The zero-order valence-electron chi connectivity index (χ0n) is 13.4. The van der Waals surface area contributed by atoms with Crippen molar-refractivity contribution in [2.45, 2.75) is 51.5 Å². The van der Waals surface area contributed by atoms with Gasteiger partial charge in [0.05, 0.1) is 11.0 Å². The standard InChI is InChI=1S/C18H22FN3O/c1-12(13-5-3-2-4-6-13)20-18(23)10-9-17-21-15-8-7-14(19)11-16(15)22-17/h5,7-8,11-12H,2-4,6,9-10H2,1H3,(H,20,23)(H,21,22)/t12-/m0/s1. The first-order chi connectivity index (χ1) is 11.1. The molecule has 0 aliphatic heterocycles. The molecule has 2 N–H and O–H groups in total. The number of hydrogen-bond acceptors (Lipinski definition) is 2. The van der Waals surface area contributed by atoms with Crippen molar-refractivity contribution in [3.63, 3.8) is 0 Å². The molecule has 0 radical (unpaired) electrons. The highest BCUT2D eigenvalue weighted by Gasteiger charge is 2.14. The smallest absolute Gasteiger partial charge is 0.220 e. The van der Waals surface area contributed by atoms with Crippen LogP contribution >= 0.6 is 0 Å². The number of benzene rings is 1. The van der Waals surface area contributed by atoms with Gasteiger partial charge in [0, 0.05) is 18.9 Å². The minimum Gasteiger partial charge on any atom is -0.350 e. The lowest BCUT2D eigenvalue weighted by atomic mass is 9.94. The summed E-state index contributed by atoms with van der Waals surface area (Å²) >= 11 is 0. The molecule has 1 aromatic heterocycles. The lowest BCUT2D eigenvalue weighted by Crippen LogP contribution is -2.34. The highest BCUT2D eigenvalue weighted by molar-refractivity contribution is 5.77. The van der Waals surface area contributed by atoms with Crippen LogP contribution in [0.4, 0.5) is 4.39 Å². The monoisotopic (exact) mass is 315 g/mol. The molecule has 0 bridgehead atoms. The van der Waals surface area contributed by atoms with Gasteiger partial charge in [-0.2, -0.15) is 0 Å². The predicted molar refractivity (Wildman–Crippen MR) is 88.5 cm³/mol. The highest BCUT2D eigenvalue weighted by Crippen LogP contribution is 2.20. The van der Waals surface area contributed by atoms with Gasteiger partial charge < -0.3 is 10.3 Å². The van der Waals surface area contributed by atoms with E-state index in [1.54, 1.807) is 6.07 Å². The SMILES string of the molecule is C[C@H](NC(=O)CCc1nc2ccc(F)cc2[nH]1)C1=CCCCC1. The number of aromatic nitrogens is 2. The van der Waals surface area contributed by atoms with E-state index in [0.717, 1.165) is 18.4 Å². The summed E-state index contributed by atoms with van der Waals surface area (Å²) in [5, 5.41) is 3.05. The van der Waals surface area contributed by atoms with Crippen molar-refractivity contribution in [2.75, 3.05) is 0 Å². The van der Waals surface area contributed by atoms with E-state index in [4.69, 9.17) is 0 Å². The van der Waals surface area contributed by atoms with Crippen LogP contribution in [0, 0.1) is 5.82 Å². The summed E-state index contributed by atoms with van der Waals surface area (Å²) in [6, 6.07) is 4.55. The molecule has 1 aliphatic rings. The van der Waals surface area contributed by atoms with Crippen molar-refractivity contribution in [2.24, 2.45) is 0 Å². The normalized spacial score (nSPS) is 16.2. The van der Waals surface area contributed by atoms with Crippen LogP contribution in [0.2, 0.25) is 0 Å². The van der Waals surface area contributed by atoms with Gasteiger partial charge in [-0.05, 0) is 50.8 Å². The van der Waals surface area contributed by atoms with Gasteiger partial charge in [0.1, 0.15) is 11.6 Å². The maximum atomic E-state index is 13.2. The minimum atomic E-state index is -0.292. The fourth-order valence-corrected chi connectivity index (χ4v) is 3.05. The third-order valence-electron chi connectivity index (χ3n) is 4.34. The highest BCUT2D eigenvalue weighted by atomic mass is 19.1. The molecule has 0 saturated carbocycles. The first kappa shape index (κ1) is 15.7. The van der Waals surface area contributed by atoms with E-state index in [1.807, 2.05) is 6.92 Å². The number of rotatable bonds is 5. The van der Waals surface area contributed by atoms with Crippen LogP contribution in [0.5, 0.6) is 0 Å². The lowest BCUT2D eigenvalue weighted by molar-refractivity contribution is -0.121. The molecular weight excluding hydrogens is 293 g/mol. The Bertz CT molecular complexity index is 735. The second-order valence-electron chi connectivity index (χ2n) is 6.16. The Morgan fingerprint density at radius 1 is 1.43 bits per heavy atom. The number of amides is 1. The van der Waals surface area contributed by atoms with Crippen molar-refractivity contribution >= 4 is 16.9 Å². The maximum absolute atomic E-state index is 13.2. The average Bonchev–Trinajstić information content (AvgIpc) is 2.95. The first-order valence-electron chi connectivity index (χ1n) is 8.24. The molecule has 1 aromatic carbocycles. The molecule has 0 fully saturated rings. The summed E-state index contributed by atoms with van der Waals surface area (Å²) < 4.78 is 13.2. The number of halogens is 1. The summed E-state index contributed by atoms with van der Waals surface area (Å²) in [5.41, 5.74) is 2.73.